The Hall–Kier alpha value is -0.940. The van der Waals surface area contributed by atoms with Crippen LogP contribution >= 0.6 is 15.9 Å². The Morgan fingerprint density at radius 3 is 3.00 bits per heavy atom. The van der Waals surface area contributed by atoms with Gasteiger partial charge in [-0.3, -0.25) is 0 Å². The molecular formula is C9H9BrN4. The Balaban J connectivity index is 2.20. The van der Waals surface area contributed by atoms with Crippen molar-refractivity contribution < 1.29 is 0 Å². The number of hydrogen-bond acceptors (Lipinski definition) is 3. The van der Waals surface area contributed by atoms with Crippen LogP contribution in [0.3, 0.4) is 0 Å². The largest absolute Gasteiger partial charge is 0.339 e. The van der Waals surface area contributed by atoms with Crippen molar-refractivity contribution in [2.45, 2.75) is 18.4 Å². The molecule has 0 amide bonds. The lowest BCUT2D eigenvalue weighted by atomic mass is 10.3. The van der Waals surface area contributed by atoms with Gasteiger partial charge in [-0.2, -0.15) is 0 Å². The van der Waals surface area contributed by atoms with E-state index in [1.807, 2.05) is 6.07 Å². The van der Waals surface area contributed by atoms with Crippen LogP contribution in [0.1, 0.15) is 18.7 Å². The first-order valence-electron chi connectivity index (χ1n) is 4.48. The highest BCUT2D eigenvalue weighted by Crippen LogP contribution is 2.41. The molecule has 1 aliphatic carbocycles. The molecule has 0 aliphatic heterocycles. The van der Waals surface area contributed by atoms with E-state index in [9.17, 15) is 0 Å². The number of hydrogen-bond donors (Lipinski definition) is 2. The summed E-state index contributed by atoms with van der Waals surface area (Å²) >= 11 is 3.37. The summed E-state index contributed by atoms with van der Waals surface area (Å²) in [5.41, 5.74) is 7.49. The van der Waals surface area contributed by atoms with Gasteiger partial charge in [-0.25, -0.2) is 9.97 Å². The molecule has 3 N–H and O–H groups in total. The summed E-state index contributed by atoms with van der Waals surface area (Å²) in [4.78, 5) is 11.8. The van der Waals surface area contributed by atoms with Gasteiger partial charge >= 0.3 is 0 Å². The van der Waals surface area contributed by atoms with Crippen LogP contribution in [0.5, 0.6) is 0 Å². The van der Waals surface area contributed by atoms with Gasteiger partial charge in [0.15, 0.2) is 5.65 Å². The van der Waals surface area contributed by atoms with E-state index in [0.717, 1.165) is 34.3 Å². The third-order valence-corrected chi connectivity index (χ3v) is 3.00. The van der Waals surface area contributed by atoms with Crippen LogP contribution in [0, 0.1) is 0 Å². The fraction of sp³-hybridized carbons (Fsp3) is 0.333. The standard InChI is InChI=1S/C9H9BrN4/c10-5-3-6-7(12-4-5)14-8(13-6)9(11)1-2-9/h3-4H,1-2,11H2,(H,12,13,14). The summed E-state index contributed by atoms with van der Waals surface area (Å²) in [6, 6.07) is 1.96. The minimum absolute atomic E-state index is 0.215. The number of imidazole rings is 1. The molecule has 2 heterocycles. The Labute approximate surface area is 89.1 Å². The normalized spacial score (nSPS) is 18.7. The van der Waals surface area contributed by atoms with Gasteiger partial charge < -0.3 is 10.7 Å². The van der Waals surface area contributed by atoms with Crippen LogP contribution in [0.15, 0.2) is 16.7 Å². The summed E-state index contributed by atoms with van der Waals surface area (Å²) in [6.07, 6.45) is 3.75. The fourth-order valence-electron chi connectivity index (χ4n) is 1.48. The van der Waals surface area contributed by atoms with Crippen LogP contribution in [0.4, 0.5) is 0 Å². The maximum atomic E-state index is 6.04. The molecule has 0 saturated heterocycles. The molecule has 0 bridgehead atoms. The first-order valence-corrected chi connectivity index (χ1v) is 5.27. The summed E-state index contributed by atoms with van der Waals surface area (Å²) in [6.45, 7) is 0. The van der Waals surface area contributed by atoms with Crippen LogP contribution in [-0.4, -0.2) is 15.0 Å². The second kappa shape index (κ2) is 2.55. The molecule has 1 aliphatic rings. The zero-order chi connectivity index (χ0) is 9.76. The molecule has 0 unspecified atom stereocenters. The topological polar surface area (TPSA) is 67.6 Å². The molecule has 1 saturated carbocycles. The number of halogens is 1. The number of pyridine rings is 1. The summed E-state index contributed by atoms with van der Waals surface area (Å²) < 4.78 is 0.946. The predicted octanol–water partition coefficient (Wildman–Crippen LogP) is 1.67. The minimum Gasteiger partial charge on any atom is -0.339 e. The molecule has 0 atom stereocenters. The van der Waals surface area contributed by atoms with Gasteiger partial charge in [-0.1, -0.05) is 0 Å². The van der Waals surface area contributed by atoms with Crippen molar-refractivity contribution in [2.24, 2.45) is 5.73 Å². The van der Waals surface area contributed by atoms with Crippen molar-refractivity contribution in [1.82, 2.24) is 15.0 Å². The van der Waals surface area contributed by atoms with Crippen molar-refractivity contribution in [3.05, 3.63) is 22.6 Å². The number of rotatable bonds is 1. The molecular weight excluding hydrogens is 244 g/mol. The number of aromatic nitrogens is 3. The number of fused-ring (bicyclic) bond motifs is 1. The van der Waals surface area contributed by atoms with Gasteiger partial charge in [0, 0.05) is 10.7 Å². The molecule has 5 heteroatoms. The van der Waals surface area contributed by atoms with Gasteiger partial charge in [0.2, 0.25) is 0 Å². The first kappa shape index (κ1) is 8.38. The number of nitrogens with two attached hydrogens (primary N) is 1. The molecule has 0 spiro atoms. The molecule has 2 aromatic rings. The van der Waals surface area contributed by atoms with Crippen molar-refractivity contribution >= 4 is 27.1 Å². The molecule has 72 valence electrons. The average molecular weight is 253 g/mol. The van der Waals surface area contributed by atoms with E-state index in [-0.39, 0.29) is 5.54 Å². The Bertz CT molecular complexity index is 500. The highest BCUT2D eigenvalue weighted by molar-refractivity contribution is 9.10. The van der Waals surface area contributed by atoms with Crippen molar-refractivity contribution in [1.29, 1.82) is 0 Å². The highest BCUT2D eigenvalue weighted by atomic mass is 79.9. The summed E-state index contributed by atoms with van der Waals surface area (Å²) in [5.74, 6) is 0.859. The SMILES string of the molecule is NC1(c2nc3ncc(Br)cc3[nH]2)CC1. The number of aromatic amines is 1. The Morgan fingerprint density at radius 2 is 2.29 bits per heavy atom. The highest BCUT2D eigenvalue weighted by Gasteiger charge is 2.43. The van der Waals surface area contributed by atoms with Crippen molar-refractivity contribution in [2.75, 3.05) is 0 Å². The van der Waals surface area contributed by atoms with Gasteiger partial charge in [-0.15, -0.1) is 0 Å². The van der Waals surface area contributed by atoms with Gasteiger partial charge in [0.05, 0.1) is 11.1 Å². The van der Waals surface area contributed by atoms with Crippen LogP contribution in [0.2, 0.25) is 0 Å². The number of nitrogens with zero attached hydrogens (tertiary/aromatic N) is 2. The monoisotopic (exact) mass is 252 g/mol. The second-order valence-corrected chi connectivity index (χ2v) is 4.68. The molecule has 0 radical (unpaired) electrons. The molecule has 1 fully saturated rings. The smallest absolute Gasteiger partial charge is 0.177 e. The molecule has 2 aromatic heterocycles. The van der Waals surface area contributed by atoms with Gasteiger partial charge in [-0.05, 0) is 34.8 Å². The van der Waals surface area contributed by atoms with Gasteiger partial charge in [0.25, 0.3) is 0 Å². The third-order valence-electron chi connectivity index (χ3n) is 2.56. The third kappa shape index (κ3) is 1.16. The lowest BCUT2D eigenvalue weighted by Crippen LogP contribution is -2.20. The maximum absolute atomic E-state index is 6.04. The van der Waals surface area contributed by atoms with E-state index in [1.54, 1.807) is 6.20 Å². The Kier molecular flexibility index (Phi) is 1.52. The van der Waals surface area contributed by atoms with E-state index in [2.05, 4.69) is 30.9 Å². The number of nitrogens with one attached hydrogen (secondary N) is 1. The summed E-state index contributed by atoms with van der Waals surface area (Å²) in [5, 5.41) is 0. The molecule has 4 nitrogen and oxygen atoms in total. The van der Waals surface area contributed by atoms with Crippen LogP contribution in [0.25, 0.3) is 11.2 Å². The van der Waals surface area contributed by atoms with E-state index in [1.165, 1.54) is 0 Å². The minimum atomic E-state index is -0.215. The predicted molar refractivity (Wildman–Crippen MR) is 56.7 cm³/mol. The number of H-pyrrole nitrogens is 1. The zero-order valence-electron chi connectivity index (χ0n) is 7.42. The van der Waals surface area contributed by atoms with E-state index in [4.69, 9.17) is 5.73 Å². The molecule has 0 aromatic carbocycles. The molecule has 3 rings (SSSR count). The zero-order valence-corrected chi connectivity index (χ0v) is 9.00. The first-order chi connectivity index (χ1) is 6.67. The lowest BCUT2D eigenvalue weighted by molar-refractivity contribution is 0.688. The second-order valence-electron chi connectivity index (χ2n) is 3.77. The van der Waals surface area contributed by atoms with E-state index in [0.29, 0.717) is 0 Å². The van der Waals surface area contributed by atoms with E-state index >= 15 is 0 Å². The quantitative estimate of drug-likeness (QED) is 0.812. The maximum Gasteiger partial charge on any atom is 0.177 e. The lowest BCUT2D eigenvalue weighted by Gasteiger charge is -2.01. The van der Waals surface area contributed by atoms with Gasteiger partial charge in [0.1, 0.15) is 5.82 Å². The van der Waals surface area contributed by atoms with E-state index < -0.39 is 0 Å². The van der Waals surface area contributed by atoms with Crippen LogP contribution in [-0.2, 0) is 5.54 Å². The van der Waals surface area contributed by atoms with Crippen LogP contribution < -0.4 is 5.73 Å². The average Bonchev–Trinajstić information content (AvgIpc) is 2.77. The molecule has 14 heavy (non-hydrogen) atoms. The Morgan fingerprint density at radius 1 is 1.50 bits per heavy atom. The summed E-state index contributed by atoms with van der Waals surface area (Å²) in [7, 11) is 0. The van der Waals surface area contributed by atoms with Crippen molar-refractivity contribution in [3.63, 3.8) is 0 Å². The van der Waals surface area contributed by atoms with Crippen molar-refractivity contribution in [3.8, 4) is 0 Å². The fourth-order valence-corrected chi connectivity index (χ4v) is 1.81.